The standard InChI is InChI=1S/C31H33N7OS/c1-2-13-38-28-7-4-3-6-24(28)27(35-38)21-36-14-16-37(17-15-36)30-12-10-23(20-33-30)31(39)34-26-19-22(9-11-25(26)32)29-8-5-18-40-29/h3-12,18-20H,2,13-17,21,32H2,1H3,(H,34,39). The number of nitrogens with one attached hydrogen (secondary N) is 1. The number of benzene rings is 2. The number of amides is 1. The van der Waals surface area contributed by atoms with Gasteiger partial charge in [-0.25, -0.2) is 4.98 Å². The first-order valence-electron chi connectivity index (χ1n) is 13.7. The van der Waals surface area contributed by atoms with Gasteiger partial charge in [0.15, 0.2) is 0 Å². The fourth-order valence-electron chi connectivity index (χ4n) is 5.20. The van der Waals surface area contributed by atoms with Gasteiger partial charge in [0.05, 0.1) is 28.1 Å². The number of nitrogens with two attached hydrogens (primary N) is 1. The van der Waals surface area contributed by atoms with Crippen LogP contribution in [-0.4, -0.2) is 51.8 Å². The molecule has 0 spiro atoms. The summed E-state index contributed by atoms with van der Waals surface area (Å²) in [5, 5.41) is 11.2. The number of carbonyl (C=O) groups excluding carboxylic acids is 1. The monoisotopic (exact) mass is 551 g/mol. The van der Waals surface area contributed by atoms with Gasteiger partial charge in [-0.05, 0) is 53.8 Å². The lowest BCUT2D eigenvalue weighted by molar-refractivity contribution is 0.102. The number of rotatable bonds is 8. The lowest BCUT2D eigenvalue weighted by Gasteiger charge is -2.35. The molecule has 1 aliphatic heterocycles. The molecule has 5 aromatic rings. The van der Waals surface area contributed by atoms with E-state index in [1.165, 1.54) is 10.9 Å². The second-order valence-electron chi connectivity index (χ2n) is 10.1. The van der Waals surface area contributed by atoms with E-state index in [9.17, 15) is 4.79 Å². The van der Waals surface area contributed by atoms with E-state index in [2.05, 4.69) is 56.0 Å². The zero-order valence-electron chi connectivity index (χ0n) is 22.6. The number of pyridine rings is 1. The van der Waals surface area contributed by atoms with Crippen LogP contribution in [0.5, 0.6) is 0 Å². The number of para-hydroxylation sites is 1. The van der Waals surface area contributed by atoms with Crippen molar-refractivity contribution in [2.24, 2.45) is 0 Å². The summed E-state index contributed by atoms with van der Waals surface area (Å²) >= 11 is 1.65. The van der Waals surface area contributed by atoms with Crippen LogP contribution < -0.4 is 16.0 Å². The molecule has 0 unspecified atom stereocenters. The van der Waals surface area contributed by atoms with Crippen LogP contribution >= 0.6 is 11.3 Å². The number of fused-ring (bicyclic) bond motifs is 1. The number of aryl methyl sites for hydroxylation is 1. The largest absolute Gasteiger partial charge is 0.397 e. The Kier molecular flexibility index (Phi) is 7.48. The first-order valence-corrected chi connectivity index (χ1v) is 14.6. The van der Waals surface area contributed by atoms with Gasteiger partial charge in [-0.2, -0.15) is 5.10 Å². The zero-order chi connectivity index (χ0) is 27.5. The van der Waals surface area contributed by atoms with Crippen LogP contribution in [0.4, 0.5) is 17.2 Å². The molecule has 0 atom stereocenters. The Morgan fingerprint density at radius 3 is 2.62 bits per heavy atom. The predicted octanol–water partition coefficient (Wildman–Crippen LogP) is 5.73. The number of thiophene rings is 1. The zero-order valence-corrected chi connectivity index (χ0v) is 23.4. The van der Waals surface area contributed by atoms with Crippen molar-refractivity contribution >= 4 is 45.3 Å². The molecule has 1 amide bonds. The summed E-state index contributed by atoms with van der Waals surface area (Å²) in [7, 11) is 0. The third-order valence-corrected chi connectivity index (χ3v) is 8.28. The van der Waals surface area contributed by atoms with Crippen LogP contribution in [0.2, 0.25) is 0 Å². The fraction of sp³-hybridized carbons (Fsp3) is 0.258. The number of aromatic nitrogens is 3. The van der Waals surface area contributed by atoms with E-state index in [4.69, 9.17) is 10.8 Å². The lowest BCUT2D eigenvalue weighted by atomic mass is 10.1. The van der Waals surface area contributed by atoms with Gasteiger partial charge in [0.1, 0.15) is 5.82 Å². The van der Waals surface area contributed by atoms with Gasteiger partial charge in [0.2, 0.25) is 0 Å². The second-order valence-corrected chi connectivity index (χ2v) is 11.0. The first kappa shape index (κ1) is 26.0. The van der Waals surface area contributed by atoms with Gasteiger partial charge in [-0.1, -0.05) is 37.3 Å². The Balaban J connectivity index is 1.07. The molecular weight excluding hydrogens is 518 g/mol. The van der Waals surface area contributed by atoms with Crippen molar-refractivity contribution in [1.82, 2.24) is 19.7 Å². The van der Waals surface area contributed by atoms with Gasteiger partial charge in [-0.3, -0.25) is 14.4 Å². The molecule has 0 aliphatic carbocycles. The fourth-order valence-corrected chi connectivity index (χ4v) is 5.93. The van der Waals surface area contributed by atoms with Gasteiger partial charge in [-0.15, -0.1) is 11.3 Å². The summed E-state index contributed by atoms with van der Waals surface area (Å²) in [6.45, 7) is 7.56. The summed E-state index contributed by atoms with van der Waals surface area (Å²) in [4.78, 5) is 23.4. The van der Waals surface area contributed by atoms with Crippen LogP contribution in [0.15, 0.2) is 78.3 Å². The van der Waals surface area contributed by atoms with Crippen LogP contribution in [0.1, 0.15) is 29.4 Å². The highest BCUT2D eigenvalue weighted by Gasteiger charge is 2.21. The van der Waals surface area contributed by atoms with E-state index >= 15 is 0 Å². The van der Waals surface area contributed by atoms with Crippen molar-refractivity contribution < 1.29 is 4.79 Å². The van der Waals surface area contributed by atoms with Crippen molar-refractivity contribution in [1.29, 1.82) is 0 Å². The van der Waals surface area contributed by atoms with E-state index in [1.807, 2.05) is 47.8 Å². The van der Waals surface area contributed by atoms with Crippen molar-refractivity contribution in [3.05, 3.63) is 89.6 Å². The van der Waals surface area contributed by atoms with Crippen molar-refractivity contribution in [3.63, 3.8) is 0 Å². The average molecular weight is 552 g/mol. The lowest BCUT2D eigenvalue weighted by Crippen LogP contribution is -2.46. The quantitative estimate of drug-likeness (QED) is 0.240. The highest BCUT2D eigenvalue weighted by atomic mass is 32.1. The van der Waals surface area contributed by atoms with Crippen LogP contribution in [-0.2, 0) is 13.1 Å². The molecule has 1 saturated heterocycles. The maximum absolute atomic E-state index is 13.0. The number of hydrogen-bond acceptors (Lipinski definition) is 7. The summed E-state index contributed by atoms with van der Waals surface area (Å²) in [5.41, 5.74) is 11.2. The Bertz CT molecular complexity index is 1600. The minimum atomic E-state index is -0.228. The maximum Gasteiger partial charge on any atom is 0.257 e. The molecule has 8 nitrogen and oxygen atoms in total. The summed E-state index contributed by atoms with van der Waals surface area (Å²) < 4.78 is 2.14. The highest BCUT2D eigenvalue weighted by molar-refractivity contribution is 7.13. The summed E-state index contributed by atoms with van der Waals surface area (Å²) in [5.74, 6) is 0.654. The Morgan fingerprint density at radius 1 is 1.02 bits per heavy atom. The van der Waals surface area contributed by atoms with Crippen LogP contribution in [0.3, 0.4) is 0 Å². The Morgan fingerprint density at radius 2 is 1.88 bits per heavy atom. The SMILES string of the molecule is CCCn1nc(CN2CCN(c3ccc(C(=O)Nc4cc(-c5cccs5)ccc4N)cn3)CC2)c2ccccc21. The van der Waals surface area contributed by atoms with E-state index in [-0.39, 0.29) is 5.91 Å². The topological polar surface area (TPSA) is 92.3 Å². The Labute approximate surface area is 238 Å². The molecule has 1 fully saturated rings. The van der Waals surface area contributed by atoms with Gasteiger partial charge < -0.3 is 16.0 Å². The average Bonchev–Trinajstić information content (AvgIpc) is 3.64. The number of nitrogens with zero attached hydrogens (tertiary/aromatic N) is 5. The molecule has 2 aromatic carbocycles. The van der Waals surface area contributed by atoms with Gasteiger partial charge in [0, 0.05) is 55.7 Å². The molecular formula is C31H33N7OS. The molecule has 204 valence electrons. The van der Waals surface area contributed by atoms with Crippen molar-refractivity contribution in [3.8, 4) is 10.4 Å². The first-order chi connectivity index (χ1) is 19.6. The molecule has 9 heteroatoms. The Hall–Kier alpha value is -4.21. The molecule has 3 N–H and O–H groups in total. The maximum atomic E-state index is 13.0. The van der Waals surface area contributed by atoms with E-state index in [0.29, 0.717) is 16.9 Å². The third kappa shape index (κ3) is 5.43. The van der Waals surface area contributed by atoms with Crippen LogP contribution in [0, 0.1) is 0 Å². The number of carbonyl (C=O) groups is 1. The van der Waals surface area contributed by atoms with E-state index < -0.39 is 0 Å². The van der Waals surface area contributed by atoms with Gasteiger partial charge in [0.25, 0.3) is 5.91 Å². The molecule has 4 heterocycles. The minimum absolute atomic E-state index is 0.228. The van der Waals surface area contributed by atoms with Gasteiger partial charge >= 0.3 is 0 Å². The third-order valence-electron chi connectivity index (χ3n) is 7.36. The second kappa shape index (κ2) is 11.5. The normalized spacial score (nSPS) is 14.1. The molecule has 0 bridgehead atoms. The van der Waals surface area contributed by atoms with Crippen molar-refractivity contribution in [2.45, 2.75) is 26.4 Å². The number of nitrogen functional groups attached to an aromatic ring is 1. The summed E-state index contributed by atoms with van der Waals surface area (Å²) in [6.07, 6.45) is 2.71. The molecule has 0 radical (unpaired) electrons. The smallest absolute Gasteiger partial charge is 0.257 e. The highest BCUT2D eigenvalue weighted by Crippen LogP contribution is 2.30. The molecule has 3 aromatic heterocycles. The predicted molar refractivity (Wildman–Crippen MR) is 164 cm³/mol. The van der Waals surface area contributed by atoms with Crippen LogP contribution in [0.25, 0.3) is 21.3 Å². The molecule has 40 heavy (non-hydrogen) atoms. The summed E-state index contributed by atoms with van der Waals surface area (Å²) in [6, 6.07) is 22.0. The van der Waals surface area contributed by atoms with E-state index in [1.54, 1.807) is 17.5 Å². The molecule has 0 saturated carbocycles. The number of anilines is 3. The number of hydrogen-bond donors (Lipinski definition) is 2. The minimum Gasteiger partial charge on any atom is -0.397 e. The number of piperazine rings is 1. The molecule has 6 rings (SSSR count). The van der Waals surface area contributed by atoms with E-state index in [0.717, 1.165) is 67.6 Å². The van der Waals surface area contributed by atoms with Crippen molar-refractivity contribution in [2.75, 3.05) is 42.1 Å². The molecule has 1 aliphatic rings.